The SMILES string of the molecule is CCNc1cc(C(=O)NCC(=O)NC2CC2)cc(C)n1. The number of hydrogen-bond acceptors (Lipinski definition) is 4. The Morgan fingerprint density at radius 2 is 2.10 bits per heavy atom. The highest BCUT2D eigenvalue weighted by atomic mass is 16.2. The summed E-state index contributed by atoms with van der Waals surface area (Å²) in [6.45, 7) is 4.54. The molecule has 0 aliphatic heterocycles. The molecule has 1 aliphatic rings. The lowest BCUT2D eigenvalue weighted by atomic mass is 10.2. The first kappa shape index (κ1) is 14.3. The molecule has 0 atom stereocenters. The maximum atomic E-state index is 12.0. The minimum Gasteiger partial charge on any atom is -0.370 e. The quantitative estimate of drug-likeness (QED) is 0.718. The zero-order chi connectivity index (χ0) is 14.5. The summed E-state index contributed by atoms with van der Waals surface area (Å²) in [6, 6.07) is 3.70. The second kappa shape index (κ2) is 6.36. The van der Waals surface area contributed by atoms with Crippen LogP contribution in [0.5, 0.6) is 0 Å². The fourth-order valence-corrected chi connectivity index (χ4v) is 1.84. The highest BCUT2D eigenvalue weighted by Gasteiger charge is 2.23. The molecular formula is C14H20N4O2. The molecule has 1 aliphatic carbocycles. The third-order valence-corrected chi connectivity index (χ3v) is 2.93. The van der Waals surface area contributed by atoms with Crippen LogP contribution in [0, 0.1) is 6.92 Å². The summed E-state index contributed by atoms with van der Waals surface area (Å²) in [4.78, 5) is 27.8. The Hall–Kier alpha value is -2.11. The van der Waals surface area contributed by atoms with Crippen LogP contribution in [0.2, 0.25) is 0 Å². The van der Waals surface area contributed by atoms with Gasteiger partial charge in [0.15, 0.2) is 0 Å². The summed E-state index contributed by atoms with van der Waals surface area (Å²) in [5, 5.41) is 8.52. The molecule has 0 saturated heterocycles. The Morgan fingerprint density at radius 3 is 2.75 bits per heavy atom. The Morgan fingerprint density at radius 1 is 1.35 bits per heavy atom. The van der Waals surface area contributed by atoms with Crippen LogP contribution < -0.4 is 16.0 Å². The van der Waals surface area contributed by atoms with Gasteiger partial charge >= 0.3 is 0 Å². The molecule has 6 nitrogen and oxygen atoms in total. The van der Waals surface area contributed by atoms with Gasteiger partial charge in [-0.2, -0.15) is 0 Å². The van der Waals surface area contributed by atoms with Crippen LogP contribution in [0.3, 0.4) is 0 Å². The highest BCUT2D eigenvalue weighted by molar-refractivity contribution is 5.97. The largest absolute Gasteiger partial charge is 0.370 e. The van der Waals surface area contributed by atoms with Crippen molar-refractivity contribution in [1.29, 1.82) is 0 Å². The minimum atomic E-state index is -0.263. The van der Waals surface area contributed by atoms with E-state index in [0.717, 1.165) is 25.1 Å². The topological polar surface area (TPSA) is 83.1 Å². The number of aryl methyl sites for hydroxylation is 1. The molecular weight excluding hydrogens is 256 g/mol. The van der Waals surface area contributed by atoms with E-state index in [2.05, 4.69) is 20.9 Å². The van der Waals surface area contributed by atoms with Gasteiger partial charge in [0.25, 0.3) is 5.91 Å². The van der Waals surface area contributed by atoms with E-state index < -0.39 is 0 Å². The van der Waals surface area contributed by atoms with Crippen molar-refractivity contribution in [3.63, 3.8) is 0 Å². The summed E-state index contributed by atoms with van der Waals surface area (Å²) in [5.74, 6) is 0.263. The van der Waals surface area contributed by atoms with Gasteiger partial charge in [0.05, 0.1) is 6.54 Å². The summed E-state index contributed by atoms with van der Waals surface area (Å²) in [7, 11) is 0. The molecule has 0 spiro atoms. The number of rotatable bonds is 6. The van der Waals surface area contributed by atoms with Crippen molar-refractivity contribution in [2.24, 2.45) is 0 Å². The van der Waals surface area contributed by atoms with Crippen LogP contribution in [0.15, 0.2) is 12.1 Å². The van der Waals surface area contributed by atoms with Gasteiger partial charge in [0, 0.05) is 23.8 Å². The number of nitrogens with one attached hydrogen (secondary N) is 3. The number of aromatic nitrogens is 1. The number of carbonyl (C=O) groups is 2. The predicted octanol–water partition coefficient (Wildman–Crippen LogP) is 0.830. The van der Waals surface area contributed by atoms with Crippen molar-refractivity contribution in [3.8, 4) is 0 Å². The molecule has 6 heteroatoms. The number of hydrogen-bond donors (Lipinski definition) is 3. The zero-order valence-electron chi connectivity index (χ0n) is 11.8. The van der Waals surface area contributed by atoms with E-state index >= 15 is 0 Å². The monoisotopic (exact) mass is 276 g/mol. The van der Waals surface area contributed by atoms with E-state index in [4.69, 9.17) is 0 Å². The smallest absolute Gasteiger partial charge is 0.251 e. The fraction of sp³-hybridized carbons (Fsp3) is 0.500. The molecule has 2 amide bonds. The van der Waals surface area contributed by atoms with E-state index in [9.17, 15) is 9.59 Å². The molecule has 1 saturated carbocycles. The number of carbonyl (C=O) groups excluding carboxylic acids is 2. The Kier molecular flexibility index (Phi) is 4.55. The molecule has 0 radical (unpaired) electrons. The predicted molar refractivity (Wildman–Crippen MR) is 76.6 cm³/mol. The van der Waals surface area contributed by atoms with Crippen molar-refractivity contribution in [3.05, 3.63) is 23.4 Å². The molecule has 3 N–H and O–H groups in total. The number of nitrogens with zero attached hydrogens (tertiary/aromatic N) is 1. The van der Waals surface area contributed by atoms with Crippen molar-refractivity contribution in [2.45, 2.75) is 32.7 Å². The van der Waals surface area contributed by atoms with Crippen molar-refractivity contribution in [1.82, 2.24) is 15.6 Å². The van der Waals surface area contributed by atoms with E-state index in [0.29, 0.717) is 17.4 Å². The Labute approximate surface area is 118 Å². The van der Waals surface area contributed by atoms with Crippen LogP contribution in [0.4, 0.5) is 5.82 Å². The third kappa shape index (κ3) is 4.22. The molecule has 0 aromatic carbocycles. The summed E-state index contributed by atoms with van der Waals surface area (Å²) in [6.07, 6.45) is 2.07. The molecule has 1 fully saturated rings. The second-order valence-electron chi connectivity index (χ2n) is 4.94. The van der Waals surface area contributed by atoms with Crippen molar-refractivity contribution >= 4 is 17.6 Å². The van der Waals surface area contributed by atoms with Crippen LogP contribution in [-0.4, -0.2) is 35.9 Å². The lowest BCUT2D eigenvalue weighted by Crippen LogP contribution is -2.37. The molecule has 1 aromatic heterocycles. The van der Waals surface area contributed by atoms with Gasteiger partial charge in [0.1, 0.15) is 5.82 Å². The van der Waals surface area contributed by atoms with E-state index in [-0.39, 0.29) is 18.4 Å². The highest BCUT2D eigenvalue weighted by Crippen LogP contribution is 2.18. The fourth-order valence-electron chi connectivity index (χ4n) is 1.84. The summed E-state index contributed by atoms with van der Waals surface area (Å²) >= 11 is 0. The Bertz CT molecular complexity index is 512. The van der Waals surface area contributed by atoms with E-state index in [1.807, 2.05) is 13.8 Å². The Balaban J connectivity index is 1.91. The van der Waals surface area contributed by atoms with E-state index in [1.54, 1.807) is 12.1 Å². The molecule has 2 rings (SSSR count). The van der Waals surface area contributed by atoms with Crippen LogP contribution in [0.1, 0.15) is 35.8 Å². The molecule has 108 valence electrons. The second-order valence-corrected chi connectivity index (χ2v) is 4.94. The summed E-state index contributed by atoms with van der Waals surface area (Å²) < 4.78 is 0. The van der Waals surface area contributed by atoms with Crippen LogP contribution >= 0.6 is 0 Å². The first-order chi connectivity index (χ1) is 9.58. The van der Waals surface area contributed by atoms with Gasteiger partial charge in [-0.05, 0) is 38.8 Å². The maximum absolute atomic E-state index is 12.0. The number of amides is 2. The maximum Gasteiger partial charge on any atom is 0.251 e. The third-order valence-electron chi connectivity index (χ3n) is 2.93. The standard InChI is InChI=1S/C14H20N4O2/c1-3-15-12-7-10(6-9(2)17-12)14(20)16-8-13(19)18-11-4-5-11/h6-7,11H,3-5,8H2,1-2H3,(H,15,17)(H,16,20)(H,18,19). The van der Waals surface area contributed by atoms with Gasteiger partial charge in [-0.25, -0.2) is 4.98 Å². The lowest BCUT2D eigenvalue weighted by molar-refractivity contribution is -0.120. The minimum absolute atomic E-state index is 0.00719. The first-order valence-corrected chi connectivity index (χ1v) is 6.88. The molecule has 20 heavy (non-hydrogen) atoms. The van der Waals surface area contributed by atoms with Gasteiger partial charge in [-0.15, -0.1) is 0 Å². The van der Waals surface area contributed by atoms with Gasteiger partial charge in [0.2, 0.25) is 5.91 Å². The molecule has 0 bridgehead atoms. The normalized spacial score (nSPS) is 13.7. The van der Waals surface area contributed by atoms with Gasteiger partial charge < -0.3 is 16.0 Å². The first-order valence-electron chi connectivity index (χ1n) is 6.88. The van der Waals surface area contributed by atoms with Crippen molar-refractivity contribution in [2.75, 3.05) is 18.4 Å². The average Bonchev–Trinajstić information content (AvgIpc) is 3.19. The molecule has 0 unspecified atom stereocenters. The van der Waals surface area contributed by atoms with Crippen LogP contribution in [-0.2, 0) is 4.79 Å². The molecule has 1 aromatic rings. The number of pyridine rings is 1. The van der Waals surface area contributed by atoms with Crippen LogP contribution in [0.25, 0.3) is 0 Å². The van der Waals surface area contributed by atoms with E-state index in [1.165, 1.54) is 0 Å². The van der Waals surface area contributed by atoms with Gasteiger partial charge in [-0.3, -0.25) is 9.59 Å². The zero-order valence-corrected chi connectivity index (χ0v) is 11.8. The molecule has 1 heterocycles. The average molecular weight is 276 g/mol. The van der Waals surface area contributed by atoms with Gasteiger partial charge in [-0.1, -0.05) is 0 Å². The number of anilines is 1. The van der Waals surface area contributed by atoms with Crippen molar-refractivity contribution < 1.29 is 9.59 Å². The lowest BCUT2D eigenvalue weighted by Gasteiger charge is -2.09. The summed E-state index contributed by atoms with van der Waals surface area (Å²) in [5.41, 5.74) is 1.27.